The van der Waals surface area contributed by atoms with E-state index in [0.29, 0.717) is 44.4 Å². The predicted molar refractivity (Wildman–Crippen MR) is 91.1 cm³/mol. The van der Waals surface area contributed by atoms with Gasteiger partial charge in [-0.05, 0) is 12.8 Å². The molecule has 2 aliphatic heterocycles. The summed E-state index contributed by atoms with van der Waals surface area (Å²) >= 11 is 0. The predicted octanol–water partition coefficient (Wildman–Crippen LogP) is 1.34. The van der Waals surface area contributed by atoms with Crippen molar-refractivity contribution >= 4 is 11.9 Å². The molecule has 1 N–H and O–H groups in total. The Morgan fingerprint density at radius 3 is 2.62 bits per heavy atom. The van der Waals surface area contributed by atoms with Gasteiger partial charge in [0.05, 0.1) is 6.54 Å². The number of carbonyl (C=O) groups is 2. The molecular weight excluding hydrogens is 336 g/mol. The third-order valence-electron chi connectivity index (χ3n) is 6.23. The summed E-state index contributed by atoms with van der Waals surface area (Å²) in [4.78, 5) is 32.9. The maximum absolute atomic E-state index is 12.5. The number of carbonyl (C=O) groups excluding carboxylic acids is 1. The Balaban J connectivity index is 1.44. The summed E-state index contributed by atoms with van der Waals surface area (Å²) in [5.41, 5.74) is -0.875. The van der Waals surface area contributed by atoms with E-state index in [9.17, 15) is 14.7 Å². The summed E-state index contributed by atoms with van der Waals surface area (Å²) in [5.74, 6) is 0.807. The van der Waals surface area contributed by atoms with Gasteiger partial charge in [-0.25, -0.2) is 0 Å². The summed E-state index contributed by atoms with van der Waals surface area (Å²) in [5, 5.41) is 13.9. The van der Waals surface area contributed by atoms with E-state index < -0.39 is 11.4 Å². The molecule has 0 unspecified atom stereocenters. The highest BCUT2D eigenvalue weighted by atomic mass is 16.5. The molecule has 3 heterocycles. The molecular formula is C18H26N4O4. The average Bonchev–Trinajstić information content (AvgIpc) is 3.18. The highest BCUT2D eigenvalue weighted by molar-refractivity contribution is 5.83. The molecule has 0 aromatic carbocycles. The van der Waals surface area contributed by atoms with E-state index in [1.807, 2.05) is 13.8 Å². The fourth-order valence-corrected chi connectivity index (χ4v) is 4.43. The van der Waals surface area contributed by atoms with Crippen molar-refractivity contribution in [3.63, 3.8) is 0 Å². The van der Waals surface area contributed by atoms with Crippen LogP contribution in [-0.2, 0) is 16.1 Å². The van der Waals surface area contributed by atoms with Crippen molar-refractivity contribution in [1.82, 2.24) is 19.9 Å². The summed E-state index contributed by atoms with van der Waals surface area (Å²) in [6.07, 6.45) is 3.00. The lowest BCUT2D eigenvalue weighted by atomic mass is 9.81. The molecule has 1 saturated carbocycles. The van der Waals surface area contributed by atoms with E-state index in [1.54, 1.807) is 4.90 Å². The van der Waals surface area contributed by atoms with Crippen molar-refractivity contribution in [2.45, 2.75) is 45.6 Å². The number of hydrogen-bond donors (Lipinski definition) is 1. The monoisotopic (exact) mass is 362 g/mol. The Bertz CT molecular complexity index is 714. The molecule has 1 aromatic heterocycles. The maximum Gasteiger partial charge on any atom is 0.313 e. The van der Waals surface area contributed by atoms with Gasteiger partial charge in [0.15, 0.2) is 5.82 Å². The third-order valence-corrected chi connectivity index (χ3v) is 6.23. The third kappa shape index (κ3) is 2.80. The van der Waals surface area contributed by atoms with E-state index in [0.717, 1.165) is 19.3 Å². The maximum atomic E-state index is 12.5. The van der Waals surface area contributed by atoms with Gasteiger partial charge in [-0.1, -0.05) is 25.4 Å². The van der Waals surface area contributed by atoms with Crippen molar-refractivity contribution in [2.75, 3.05) is 26.2 Å². The average molecular weight is 362 g/mol. The Morgan fingerprint density at radius 1 is 1.31 bits per heavy atom. The summed E-state index contributed by atoms with van der Waals surface area (Å²) in [7, 11) is 0. The lowest BCUT2D eigenvalue weighted by Gasteiger charge is -2.31. The van der Waals surface area contributed by atoms with Crippen LogP contribution >= 0.6 is 0 Å². The van der Waals surface area contributed by atoms with Crippen LogP contribution in [0, 0.1) is 17.3 Å². The Morgan fingerprint density at radius 2 is 2.08 bits per heavy atom. The number of carboxylic acids is 1. The standard InChI is InChI=1S/C18H26N4O4/c1-11(2)15-19-14(26-20-15)8-21-6-13-7-22(16(23)12-4-3-5-12)10-18(13,9-21)17(24)25/h11-13H,3-10H2,1-2H3,(H,24,25)/t13-,18-/m0/s1. The molecule has 8 heteroatoms. The highest BCUT2D eigenvalue weighted by Gasteiger charge is 2.59. The molecule has 4 rings (SSSR count). The lowest BCUT2D eigenvalue weighted by Crippen LogP contribution is -2.44. The van der Waals surface area contributed by atoms with Gasteiger partial charge in [-0.2, -0.15) is 4.98 Å². The minimum absolute atomic E-state index is 0.0449. The van der Waals surface area contributed by atoms with Crippen LogP contribution < -0.4 is 0 Å². The zero-order valence-corrected chi connectivity index (χ0v) is 15.3. The van der Waals surface area contributed by atoms with Gasteiger partial charge in [0, 0.05) is 43.9 Å². The first kappa shape index (κ1) is 17.5. The number of aromatic nitrogens is 2. The van der Waals surface area contributed by atoms with Crippen LogP contribution in [0.15, 0.2) is 4.52 Å². The lowest BCUT2D eigenvalue weighted by molar-refractivity contribution is -0.149. The van der Waals surface area contributed by atoms with Crippen LogP contribution in [0.5, 0.6) is 0 Å². The Kier molecular flexibility index (Phi) is 4.25. The number of amides is 1. The van der Waals surface area contributed by atoms with Gasteiger partial charge in [-0.3, -0.25) is 14.5 Å². The number of nitrogens with zero attached hydrogens (tertiary/aromatic N) is 4. The molecule has 1 aromatic rings. The number of aliphatic carboxylic acids is 1. The molecule has 8 nitrogen and oxygen atoms in total. The van der Waals surface area contributed by atoms with Crippen LogP contribution in [0.3, 0.4) is 0 Å². The first-order chi connectivity index (χ1) is 12.4. The normalized spacial score (nSPS) is 29.2. The first-order valence-corrected chi connectivity index (χ1v) is 9.46. The number of rotatable bonds is 5. The number of likely N-dealkylation sites (tertiary alicyclic amines) is 2. The molecule has 2 atom stereocenters. The van der Waals surface area contributed by atoms with E-state index in [4.69, 9.17) is 4.52 Å². The molecule has 1 amide bonds. The van der Waals surface area contributed by atoms with Gasteiger partial charge >= 0.3 is 5.97 Å². The van der Waals surface area contributed by atoms with Crippen LogP contribution in [0.25, 0.3) is 0 Å². The SMILES string of the molecule is CC(C)c1noc(CN2C[C@H]3CN(C(=O)C4CCC4)C[C@@]3(C(=O)O)C2)n1. The van der Waals surface area contributed by atoms with Crippen LogP contribution in [-0.4, -0.2) is 63.1 Å². The van der Waals surface area contributed by atoms with Gasteiger partial charge in [0.1, 0.15) is 5.41 Å². The van der Waals surface area contributed by atoms with Crippen molar-refractivity contribution in [3.8, 4) is 0 Å². The fourth-order valence-electron chi connectivity index (χ4n) is 4.43. The molecule has 26 heavy (non-hydrogen) atoms. The van der Waals surface area contributed by atoms with Gasteiger partial charge < -0.3 is 14.5 Å². The molecule has 142 valence electrons. The minimum atomic E-state index is -0.875. The number of hydrogen-bond acceptors (Lipinski definition) is 6. The second kappa shape index (κ2) is 6.33. The van der Waals surface area contributed by atoms with Crippen molar-refractivity contribution in [1.29, 1.82) is 0 Å². The van der Waals surface area contributed by atoms with Gasteiger partial charge in [0.25, 0.3) is 0 Å². The molecule has 3 fully saturated rings. The molecule has 1 aliphatic carbocycles. The smallest absolute Gasteiger partial charge is 0.313 e. The summed E-state index contributed by atoms with van der Waals surface area (Å²) in [6, 6.07) is 0. The quantitative estimate of drug-likeness (QED) is 0.843. The van der Waals surface area contributed by atoms with Crippen molar-refractivity contribution in [2.24, 2.45) is 17.3 Å². The van der Waals surface area contributed by atoms with E-state index >= 15 is 0 Å². The van der Waals surface area contributed by atoms with Crippen LogP contribution in [0.2, 0.25) is 0 Å². The Labute approximate surface area is 152 Å². The zero-order chi connectivity index (χ0) is 18.5. The highest BCUT2D eigenvalue weighted by Crippen LogP contribution is 2.44. The molecule has 0 spiro atoms. The Hall–Kier alpha value is -1.96. The van der Waals surface area contributed by atoms with Crippen molar-refractivity contribution in [3.05, 3.63) is 11.7 Å². The number of fused-ring (bicyclic) bond motifs is 1. The summed E-state index contributed by atoms with van der Waals surface area (Å²) < 4.78 is 5.30. The molecule has 0 bridgehead atoms. The van der Waals surface area contributed by atoms with Crippen LogP contribution in [0.4, 0.5) is 0 Å². The van der Waals surface area contributed by atoms with Crippen LogP contribution in [0.1, 0.15) is 50.7 Å². The fraction of sp³-hybridized carbons (Fsp3) is 0.778. The molecule has 0 radical (unpaired) electrons. The largest absolute Gasteiger partial charge is 0.481 e. The van der Waals surface area contributed by atoms with Crippen molar-refractivity contribution < 1.29 is 19.2 Å². The second-order valence-corrected chi connectivity index (χ2v) is 8.38. The van der Waals surface area contributed by atoms with Gasteiger partial charge in [-0.15, -0.1) is 0 Å². The zero-order valence-electron chi connectivity index (χ0n) is 15.3. The van der Waals surface area contributed by atoms with E-state index in [2.05, 4.69) is 15.0 Å². The number of carboxylic acid groups (broad SMARTS) is 1. The minimum Gasteiger partial charge on any atom is -0.481 e. The van der Waals surface area contributed by atoms with Gasteiger partial charge in [0.2, 0.25) is 11.8 Å². The second-order valence-electron chi connectivity index (χ2n) is 8.38. The topological polar surface area (TPSA) is 99.8 Å². The first-order valence-electron chi connectivity index (χ1n) is 9.46. The van der Waals surface area contributed by atoms with E-state index in [1.165, 1.54) is 0 Å². The molecule has 3 aliphatic rings. The molecule has 2 saturated heterocycles. The summed E-state index contributed by atoms with van der Waals surface area (Å²) in [6.45, 7) is 6.38. The van der Waals surface area contributed by atoms with E-state index in [-0.39, 0.29) is 23.7 Å².